The highest BCUT2D eigenvalue weighted by molar-refractivity contribution is 5.93. The maximum Gasteiger partial charge on any atom is 0.159 e. The van der Waals surface area contributed by atoms with Gasteiger partial charge in [-0.1, -0.05) is 24.3 Å². The third kappa shape index (κ3) is 2.65. The molecule has 98 valence electrons. The largest absolute Gasteiger partial charge is 0.354 e. The average Bonchev–Trinajstić information content (AvgIpc) is 2.45. The summed E-state index contributed by atoms with van der Waals surface area (Å²) in [4.78, 5) is 2.11. The molecule has 4 heteroatoms. The topological polar surface area (TPSA) is 52.8 Å². The van der Waals surface area contributed by atoms with Gasteiger partial charge in [-0.05, 0) is 20.8 Å². The zero-order chi connectivity index (χ0) is 13.8. The fraction of sp³-hybridized carbons (Fsp3) is 0.400. The number of nitriles is 1. The Kier molecular flexibility index (Phi) is 3.96. The average molecular weight is 254 g/mol. The number of fused-ring (bicyclic) bond motifs is 1. The Bertz CT molecular complexity index is 615. The highest BCUT2D eigenvalue weighted by atomic mass is 15.3. The van der Waals surface area contributed by atoms with Crippen LogP contribution in [0.2, 0.25) is 0 Å². The molecule has 1 aromatic heterocycles. The molecule has 0 aliphatic rings. The first-order valence-corrected chi connectivity index (χ1v) is 6.54. The number of aryl methyl sites for hydroxylation is 1. The van der Waals surface area contributed by atoms with E-state index >= 15 is 0 Å². The van der Waals surface area contributed by atoms with Gasteiger partial charge >= 0.3 is 0 Å². The van der Waals surface area contributed by atoms with Crippen molar-refractivity contribution in [2.75, 3.05) is 18.0 Å². The lowest BCUT2D eigenvalue weighted by molar-refractivity contribution is 0.677. The van der Waals surface area contributed by atoms with Gasteiger partial charge in [0.05, 0.1) is 17.7 Å². The van der Waals surface area contributed by atoms with Crippen LogP contribution in [0.15, 0.2) is 24.3 Å². The Morgan fingerprint density at radius 3 is 2.58 bits per heavy atom. The molecule has 0 fully saturated rings. The molecule has 2 aromatic rings. The van der Waals surface area contributed by atoms with Crippen LogP contribution in [0.1, 0.15) is 19.5 Å². The summed E-state index contributed by atoms with van der Waals surface area (Å²) in [5, 5.41) is 19.8. The number of anilines is 1. The van der Waals surface area contributed by atoms with Crippen LogP contribution < -0.4 is 4.90 Å². The molecular weight excluding hydrogens is 236 g/mol. The Labute approximate surface area is 113 Å². The molecule has 0 spiro atoms. The van der Waals surface area contributed by atoms with Crippen molar-refractivity contribution in [2.24, 2.45) is 5.92 Å². The molecule has 0 aliphatic carbocycles. The Hall–Kier alpha value is -2.15. The zero-order valence-electron chi connectivity index (χ0n) is 11.6. The summed E-state index contributed by atoms with van der Waals surface area (Å²) in [6.45, 7) is 7.45. The fourth-order valence-electron chi connectivity index (χ4n) is 2.19. The van der Waals surface area contributed by atoms with Gasteiger partial charge in [-0.15, -0.1) is 5.10 Å². The van der Waals surface area contributed by atoms with Crippen LogP contribution in [0.3, 0.4) is 0 Å². The summed E-state index contributed by atoms with van der Waals surface area (Å²) in [6.07, 6.45) is 0. The minimum atomic E-state index is -0.0261. The lowest BCUT2D eigenvalue weighted by Crippen LogP contribution is -2.29. The third-order valence-electron chi connectivity index (χ3n) is 3.25. The van der Waals surface area contributed by atoms with Gasteiger partial charge in [-0.3, -0.25) is 0 Å². The van der Waals surface area contributed by atoms with E-state index in [0.29, 0.717) is 6.54 Å². The molecule has 0 amide bonds. The van der Waals surface area contributed by atoms with Crippen LogP contribution in [0, 0.1) is 24.2 Å². The van der Waals surface area contributed by atoms with Gasteiger partial charge in [0.15, 0.2) is 5.82 Å². The third-order valence-corrected chi connectivity index (χ3v) is 3.25. The number of rotatable bonds is 4. The SMILES string of the molecule is CCN(CC(C)C#N)c1nnc(C)c2ccccc12. The van der Waals surface area contributed by atoms with Crippen LogP contribution in [0.4, 0.5) is 5.82 Å². The molecule has 4 nitrogen and oxygen atoms in total. The summed E-state index contributed by atoms with van der Waals surface area (Å²) < 4.78 is 0. The van der Waals surface area contributed by atoms with Crippen molar-refractivity contribution in [1.29, 1.82) is 5.26 Å². The molecule has 1 aromatic carbocycles. The first-order chi connectivity index (χ1) is 9.17. The second-order valence-corrected chi connectivity index (χ2v) is 4.72. The Balaban J connectivity index is 2.49. The molecule has 0 radical (unpaired) electrons. The lowest BCUT2D eigenvalue weighted by Gasteiger charge is -2.24. The Morgan fingerprint density at radius 2 is 1.95 bits per heavy atom. The number of hydrogen-bond donors (Lipinski definition) is 0. The van der Waals surface area contributed by atoms with E-state index in [1.807, 2.05) is 26.0 Å². The molecule has 1 unspecified atom stereocenters. The minimum Gasteiger partial charge on any atom is -0.354 e. The first kappa shape index (κ1) is 13.3. The minimum absolute atomic E-state index is 0.0261. The van der Waals surface area contributed by atoms with E-state index in [0.717, 1.165) is 28.8 Å². The Morgan fingerprint density at radius 1 is 1.26 bits per heavy atom. The fourth-order valence-corrected chi connectivity index (χ4v) is 2.19. The van der Waals surface area contributed by atoms with Crippen molar-refractivity contribution in [3.8, 4) is 6.07 Å². The normalized spacial score (nSPS) is 12.1. The molecule has 0 saturated heterocycles. The van der Waals surface area contributed by atoms with Gasteiger partial charge in [0.25, 0.3) is 0 Å². The van der Waals surface area contributed by atoms with Gasteiger partial charge in [-0.25, -0.2) is 0 Å². The van der Waals surface area contributed by atoms with Crippen molar-refractivity contribution < 1.29 is 0 Å². The van der Waals surface area contributed by atoms with Gasteiger partial charge in [0.1, 0.15) is 0 Å². The lowest BCUT2D eigenvalue weighted by atomic mass is 10.1. The van der Waals surface area contributed by atoms with Gasteiger partial charge in [-0.2, -0.15) is 10.4 Å². The van der Waals surface area contributed by atoms with Crippen molar-refractivity contribution in [2.45, 2.75) is 20.8 Å². The van der Waals surface area contributed by atoms with Crippen molar-refractivity contribution in [3.63, 3.8) is 0 Å². The molecule has 0 N–H and O–H groups in total. The van der Waals surface area contributed by atoms with E-state index in [4.69, 9.17) is 5.26 Å². The molecule has 1 atom stereocenters. The molecule has 0 aliphatic heterocycles. The standard InChI is InChI=1S/C15H18N4/c1-4-19(10-11(2)9-16)15-14-8-6-5-7-13(14)12(3)17-18-15/h5-8,11H,4,10H2,1-3H3. The highest BCUT2D eigenvalue weighted by Gasteiger charge is 2.14. The van der Waals surface area contributed by atoms with E-state index in [1.54, 1.807) is 0 Å². The monoisotopic (exact) mass is 254 g/mol. The maximum atomic E-state index is 8.97. The summed E-state index contributed by atoms with van der Waals surface area (Å²) in [7, 11) is 0. The van der Waals surface area contributed by atoms with Crippen LogP contribution in [-0.2, 0) is 0 Å². The number of nitrogens with zero attached hydrogens (tertiary/aromatic N) is 4. The van der Waals surface area contributed by atoms with E-state index in [9.17, 15) is 0 Å². The smallest absolute Gasteiger partial charge is 0.159 e. The van der Waals surface area contributed by atoms with Gasteiger partial charge in [0, 0.05) is 23.9 Å². The van der Waals surface area contributed by atoms with Crippen LogP contribution in [-0.4, -0.2) is 23.3 Å². The zero-order valence-corrected chi connectivity index (χ0v) is 11.6. The van der Waals surface area contributed by atoms with Crippen LogP contribution in [0.5, 0.6) is 0 Å². The first-order valence-electron chi connectivity index (χ1n) is 6.54. The molecule has 1 heterocycles. The van der Waals surface area contributed by atoms with E-state index < -0.39 is 0 Å². The number of benzene rings is 1. The molecule has 0 bridgehead atoms. The predicted octanol–water partition coefficient (Wildman–Crippen LogP) is 2.92. The second kappa shape index (κ2) is 5.66. The quantitative estimate of drug-likeness (QED) is 0.841. The maximum absolute atomic E-state index is 8.97. The number of aromatic nitrogens is 2. The highest BCUT2D eigenvalue weighted by Crippen LogP contribution is 2.25. The van der Waals surface area contributed by atoms with Gasteiger partial charge in [0.2, 0.25) is 0 Å². The van der Waals surface area contributed by atoms with Crippen LogP contribution >= 0.6 is 0 Å². The molecule has 19 heavy (non-hydrogen) atoms. The molecule has 2 rings (SSSR count). The number of hydrogen-bond acceptors (Lipinski definition) is 4. The van der Waals surface area contributed by atoms with Crippen molar-refractivity contribution in [3.05, 3.63) is 30.0 Å². The molecular formula is C15H18N4. The summed E-state index contributed by atoms with van der Waals surface area (Å²) in [6, 6.07) is 10.4. The van der Waals surface area contributed by atoms with Crippen LogP contribution in [0.25, 0.3) is 10.8 Å². The summed E-state index contributed by atoms with van der Waals surface area (Å²) in [5.41, 5.74) is 0.934. The summed E-state index contributed by atoms with van der Waals surface area (Å²) in [5.74, 6) is 0.840. The van der Waals surface area contributed by atoms with Crippen molar-refractivity contribution >= 4 is 16.6 Å². The van der Waals surface area contributed by atoms with E-state index in [-0.39, 0.29) is 5.92 Å². The van der Waals surface area contributed by atoms with Crippen molar-refractivity contribution in [1.82, 2.24) is 10.2 Å². The summed E-state index contributed by atoms with van der Waals surface area (Å²) >= 11 is 0. The van der Waals surface area contributed by atoms with E-state index in [1.165, 1.54) is 0 Å². The van der Waals surface area contributed by atoms with E-state index in [2.05, 4.69) is 40.2 Å². The molecule has 0 saturated carbocycles. The van der Waals surface area contributed by atoms with Gasteiger partial charge < -0.3 is 4.90 Å². The second-order valence-electron chi connectivity index (χ2n) is 4.72. The predicted molar refractivity (Wildman–Crippen MR) is 76.9 cm³/mol.